The van der Waals surface area contributed by atoms with Crippen LogP contribution in [0.15, 0.2) is 164 Å². The van der Waals surface area contributed by atoms with E-state index in [-0.39, 0.29) is 0 Å². The van der Waals surface area contributed by atoms with Crippen molar-refractivity contribution in [3.8, 4) is 67.5 Å². The molecule has 0 amide bonds. The molecule has 9 rings (SSSR count). The molecule has 49 heavy (non-hydrogen) atoms. The summed E-state index contributed by atoms with van der Waals surface area (Å²) in [5.41, 5.74) is 10.3. The maximum absolute atomic E-state index is 5.15. The van der Waals surface area contributed by atoms with Gasteiger partial charge in [-0.25, -0.2) is 15.0 Å². The van der Waals surface area contributed by atoms with Crippen LogP contribution in [0.2, 0.25) is 13.1 Å². The topological polar surface area (TPSA) is 38.7 Å². The molecule has 4 heteroatoms. The van der Waals surface area contributed by atoms with Crippen LogP contribution in [0.25, 0.3) is 78.3 Å². The first-order valence-electron chi connectivity index (χ1n) is 16.8. The van der Waals surface area contributed by atoms with Gasteiger partial charge in [-0.1, -0.05) is 171 Å². The Balaban J connectivity index is 1.18. The van der Waals surface area contributed by atoms with E-state index in [0.29, 0.717) is 17.5 Å². The summed E-state index contributed by atoms with van der Waals surface area (Å²) < 4.78 is 0. The third kappa shape index (κ3) is 5.09. The van der Waals surface area contributed by atoms with Crippen molar-refractivity contribution in [3.63, 3.8) is 0 Å². The van der Waals surface area contributed by atoms with Crippen LogP contribution < -0.4 is 10.4 Å². The fraction of sp³-hybridized carbons (Fsp3) is 0.0444. The minimum absolute atomic E-state index is 0.662. The first-order valence-corrected chi connectivity index (χ1v) is 19.8. The summed E-state index contributed by atoms with van der Waals surface area (Å²) >= 11 is 0. The van der Waals surface area contributed by atoms with Crippen LogP contribution in [-0.2, 0) is 0 Å². The van der Waals surface area contributed by atoms with Crippen molar-refractivity contribution in [1.29, 1.82) is 0 Å². The average Bonchev–Trinajstić information content (AvgIpc) is 3.40. The predicted octanol–water partition coefficient (Wildman–Crippen LogP) is 10.2. The highest BCUT2D eigenvalue weighted by Crippen LogP contribution is 2.34. The molecule has 2 heterocycles. The lowest BCUT2D eigenvalue weighted by Crippen LogP contribution is -2.49. The Morgan fingerprint density at radius 3 is 1.69 bits per heavy atom. The normalized spacial score (nSPS) is 12.9. The third-order valence-corrected chi connectivity index (χ3v) is 13.5. The Morgan fingerprint density at radius 1 is 0.347 bits per heavy atom. The summed E-state index contributed by atoms with van der Waals surface area (Å²) in [6.45, 7) is 4.89. The number of hydrogen-bond acceptors (Lipinski definition) is 3. The lowest BCUT2D eigenvalue weighted by atomic mass is 9.97. The molecule has 0 radical (unpaired) electrons. The molecule has 0 spiro atoms. The smallest absolute Gasteiger partial charge is 0.164 e. The third-order valence-electron chi connectivity index (χ3n) is 9.95. The Hall–Kier alpha value is -5.97. The minimum Gasteiger partial charge on any atom is -0.208 e. The van der Waals surface area contributed by atoms with Gasteiger partial charge in [-0.05, 0) is 60.6 Å². The summed E-state index contributed by atoms with van der Waals surface area (Å²) in [5.74, 6) is 2.01. The summed E-state index contributed by atoms with van der Waals surface area (Å²) in [5, 5.41) is 5.40. The Bertz CT molecular complexity index is 2510. The molecule has 3 nitrogen and oxygen atoms in total. The second kappa shape index (κ2) is 11.6. The number of fused-ring (bicyclic) bond motifs is 4. The van der Waals surface area contributed by atoms with Crippen molar-refractivity contribution < 1.29 is 0 Å². The zero-order chi connectivity index (χ0) is 33.0. The number of nitrogens with zero attached hydrogens (tertiary/aromatic N) is 3. The molecule has 0 saturated heterocycles. The second-order valence-electron chi connectivity index (χ2n) is 13.3. The largest absolute Gasteiger partial charge is 0.208 e. The highest BCUT2D eigenvalue weighted by atomic mass is 28.3. The first kappa shape index (κ1) is 29.2. The summed E-state index contributed by atoms with van der Waals surface area (Å²) in [7, 11) is -1.88. The number of benzene rings is 7. The van der Waals surface area contributed by atoms with Gasteiger partial charge in [0.25, 0.3) is 0 Å². The van der Waals surface area contributed by atoms with Crippen molar-refractivity contribution in [2.75, 3.05) is 0 Å². The van der Waals surface area contributed by atoms with E-state index >= 15 is 0 Å². The Labute approximate surface area is 287 Å². The van der Waals surface area contributed by atoms with Gasteiger partial charge >= 0.3 is 0 Å². The molecule has 8 aromatic rings. The van der Waals surface area contributed by atoms with Crippen LogP contribution >= 0.6 is 0 Å². The molecule has 0 aliphatic carbocycles. The molecule has 1 aliphatic heterocycles. The van der Waals surface area contributed by atoms with Gasteiger partial charge in [0.1, 0.15) is 8.07 Å². The van der Waals surface area contributed by atoms with Crippen LogP contribution in [-0.4, -0.2) is 23.0 Å². The Morgan fingerprint density at radius 2 is 0.878 bits per heavy atom. The van der Waals surface area contributed by atoms with Gasteiger partial charge in [0.05, 0.1) is 0 Å². The molecule has 1 aliphatic rings. The van der Waals surface area contributed by atoms with Gasteiger partial charge < -0.3 is 0 Å². The SMILES string of the molecule is C[Si]1(C)c2ccccc2-c2ccc(-c3nc(-c4ccc(-c5cccc6ccccc56)cc4)nc(-c4cccc(-c5ccccc5)c4)n3)cc21. The molecule has 232 valence electrons. The maximum Gasteiger partial charge on any atom is 0.164 e. The highest BCUT2D eigenvalue weighted by Gasteiger charge is 2.37. The summed E-state index contributed by atoms with van der Waals surface area (Å²) in [6.07, 6.45) is 0. The van der Waals surface area contributed by atoms with E-state index in [1.54, 1.807) is 0 Å². The summed E-state index contributed by atoms with van der Waals surface area (Å²) in [4.78, 5) is 15.4. The van der Waals surface area contributed by atoms with Gasteiger partial charge in [-0.2, -0.15) is 0 Å². The van der Waals surface area contributed by atoms with Gasteiger partial charge in [-0.3, -0.25) is 0 Å². The molecule has 0 atom stereocenters. The summed E-state index contributed by atoms with van der Waals surface area (Å²) in [6, 6.07) is 58.2. The molecular weight excluding hydrogens is 611 g/mol. The lowest BCUT2D eigenvalue weighted by Gasteiger charge is -2.19. The van der Waals surface area contributed by atoms with Crippen molar-refractivity contribution in [2.45, 2.75) is 13.1 Å². The highest BCUT2D eigenvalue weighted by molar-refractivity contribution is 7.03. The minimum atomic E-state index is -1.88. The molecule has 7 aromatic carbocycles. The fourth-order valence-electron chi connectivity index (χ4n) is 7.35. The molecule has 1 aromatic heterocycles. The van der Waals surface area contributed by atoms with E-state index < -0.39 is 8.07 Å². The monoisotopic (exact) mass is 643 g/mol. The molecule has 0 saturated carbocycles. The van der Waals surface area contributed by atoms with Crippen molar-refractivity contribution >= 4 is 29.2 Å². The second-order valence-corrected chi connectivity index (χ2v) is 17.6. The van der Waals surface area contributed by atoms with Gasteiger partial charge in [-0.15, -0.1) is 0 Å². The van der Waals surface area contributed by atoms with Crippen molar-refractivity contribution in [3.05, 3.63) is 164 Å². The van der Waals surface area contributed by atoms with Crippen molar-refractivity contribution in [1.82, 2.24) is 15.0 Å². The standard InChI is InChI=1S/C45H33N3Si/c1-49(2)41-21-9-8-19-39(41)40-27-26-36(29-42(40)49)45-47-43(46-44(48-45)35-17-10-16-34(28-35)30-12-4-3-5-13-30)33-24-22-32(23-25-33)38-20-11-15-31-14-6-7-18-37(31)38/h3-29H,1-2H3. The van der Waals surface area contributed by atoms with Gasteiger partial charge in [0, 0.05) is 16.7 Å². The van der Waals surface area contributed by atoms with E-state index in [0.717, 1.165) is 33.4 Å². The van der Waals surface area contributed by atoms with E-state index in [4.69, 9.17) is 15.0 Å². The zero-order valence-corrected chi connectivity index (χ0v) is 28.4. The van der Waals surface area contributed by atoms with Gasteiger partial charge in [0.15, 0.2) is 17.5 Å². The molecule has 0 fully saturated rings. The van der Waals surface area contributed by atoms with Crippen molar-refractivity contribution in [2.24, 2.45) is 0 Å². The quantitative estimate of drug-likeness (QED) is 0.175. The number of rotatable bonds is 5. The average molecular weight is 644 g/mol. The Kier molecular flexibility index (Phi) is 6.92. The predicted molar refractivity (Wildman–Crippen MR) is 207 cm³/mol. The van der Waals surface area contributed by atoms with Gasteiger partial charge in [0.2, 0.25) is 0 Å². The van der Waals surface area contributed by atoms with Crippen LogP contribution in [0.5, 0.6) is 0 Å². The molecular formula is C45H33N3Si. The van der Waals surface area contributed by atoms with Crippen LogP contribution in [0.3, 0.4) is 0 Å². The fourth-order valence-corrected chi connectivity index (χ4v) is 10.5. The van der Waals surface area contributed by atoms with E-state index in [1.807, 2.05) is 6.07 Å². The number of hydrogen-bond donors (Lipinski definition) is 0. The maximum atomic E-state index is 5.15. The molecule has 0 N–H and O–H groups in total. The van der Waals surface area contributed by atoms with E-state index in [1.165, 1.54) is 37.8 Å². The molecule has 0 unspecified atom stereocenters. The van der Waals surface area contributed by atoms with E-state index in [2.05, 4.69) is 171 Å². The first-order chi connectivity index (χ1) is 24.0. The lowest BCUT2D eigenvalue weighted by molar-refractivity contribution is 1.07. The van der Waals surface area contributed by atoms with E-state index in [9.17, 15) is 0 Å². The number of aromatic nitrogens is 3. The zero-order valence-electron chi connectivity index (χ0n) is 27.4. The van der Waals surface area contributed by atoms with Crippen LogP contribution in [0.1, 0.15) is 0 Å². The van der Waals surface area contributed by atoms with Crippen LogP contribution in [0.4, 0.5) is 0 Å². The van der Waals surface area contributed by atoms with Crippen LogP contribution in [0, 0.1) is 0 Å². The molecule has 0 bridgehead atoms.